The van der Waals surface area contributed by atoms with Gasteiger partial charge in [0.1, 0.15) is 5.75 Å². The van der Waals surface area contributed by atoms with E-state index in [0.717, 1.165) is 16.7 Å². The van der Waals surface area contributed by atoms with Gasteiger partial charge >= 0.3 is 0 Å². The van der Waals surface area contributed by atoms with Gasteiger partial charge < -0.3 is 4.74 Å². The zero-order valence-corrected chi connectivity index (χ0v) is 16.2. The molecule has 26 heavy (non-hydrogen) atoms. The standard InChI is InChI=1S/C19H24N2O4S/c1-13(2)17-10-7-15(4)11-18(17)25-12-19(22)20-21-26(23,24)16-8-5-14(3)6-9-16/h5-11,13,21H,12H2,1-4H3,(H,20,22). The lowest BCUT2D eigenvalue weighted by molar-refractivity contribution is -0.123. The molecule has 7 heteroatoms. The van der Waals surface area contributed by atoms with Crippen molar-refractivity contribution in [3.05, 3.63) is 59.2 Å². The van der Waals surface area contributed by atoms with Gasteiger partial charge in [0, 0.05) is 0 Å². The quantitative estimate of drug-likeness (QED) is 0.728. The Morgan fingerprint density at radius 2 is 1.65 bits per heavy atom. The molecule has 0 aliphatic carbocycles. The molecular weight excluding hydrogens is 352 g/mol. The third-order valence-corrected chi connectivity index (χ3v) is 5.07. The molecule has 0 aliphatic heterocycles. The number of nitrogens with one attached hydrogen (secondary N) is 2. The fourth-order valence-corrected chi connectivity index (χ4v) is 3.18. The van der Waals surface area contributed by atoms with Gasteiger partial charge in [-0.05, 0) is 49.1 Å². The average Bonchev–Trinajstić information content (AvgIpc) is 2.58. The number of aryl methyl sites for hydroxylation is 2. The molecule has 0 heterocycles. The lowest BCUT2D eigenvalue weighted by Gasteiger charge is -2.15. The number of carbonyl (C=O) groups is 1. The Kier molecular flexibility index (Phi) is 6.39. The molecule has 2 rings (SSSR count). The molecule has 0 aliphatic rings. The van der Waals surface area contributed by atoms with Crippen molar-refractivity contribution in [1.29, 1.82) is 0 Å². The molecule has 0 radical (unpaired) electrons. The Morgan fingerprint density at radius 3 is 2.27 bits per heavy atom. The van der Waals surface area contributed by atoms with Crippen LogP contribution in [0.1, 0.15) is 36.5 Å². The normalized spacial score (nSPS) is 11.4. The Hall–Kier alpha value is -2.38. The van der Waals surface area contributed by atoms with E-state index < -0.39 is 15.9 Å². The summed E-state index contributed by atoms with van der Waals surface area (Å²) in [5, 5.41) is 0. The summed E-state index contributed by atoms with van der Waals surface area (Å²) in [5.41, 5.74) is 5.12. The highest BCUT2D eigenvalue weighted by atomic mass is 32.2. The number of benzene rings is 2. The monoisotopic (exact) mass is 376 g/mol. The van der Waals surface area contributed by atoms with E-state index in [1.807, 2.05) is 45.9 Å². The van der Waals surface area contributed by atoms with Crippen molar-refractivity contribution in [2.45, 2.75) is 38.5 Å². The summed E-state index contributed by atoms with van der Waals surface area (Å²) in [5.74, 6) is 0.280. The molecule has 0 atom stereocenters. The van der Waals surface area contributed by atoms with Gasteiger partial charge in [-0.25, -0.2) is 8.42 Å². The first-order chi connectivity index (χ1) is 12.2. The van der Waals surface area contributed by atoms with Gasteiger partial charge in [-0.15, -0.1) is 4.83 Å². The van der Waals surface area contributed by atoms with Gasteiger partial charge in [-0.1, -0.05) is 43.7 Å². The SMILES string of the molecule is Cc1ccc(S(=O)(=O)NNC(=O)COc2cc(C)ccc2C(C)C)cc1. The Labute approximate surface area is 154 Å². The Morgan fingerprint density at radius 1 is 1.04 bits per heavy atom. The molecule has 140 valence electrons. The molecule has 0 saturated heterocycles. The fraction of sp³-hybridized carbons (Fsp3) is 0.316. The number of sulfonamides is 1. The smallest absolute Gasteiger partial charge is 0.272 e. The number of rotatable bonds is 7. The summed E-state index contributed by atoms with van der Waals surface area (Å²) < 4.78 is 29.9. The molecule has 0 unspecified atom stereocenters. The third-order valence-electron chi connectivity index (χ3n) is 3.81. The summed E-state index contributed by atoms with van der Waals surface area (Å²) in [4.78, 5) is 14.1. The van der Waals surface area contributed by atoms with Gasteiger partial charge in [-0.3, -0.25) is 10.2 Å². The lowest BCUT2D eigenvalue weighted by Crippen LogP contribution is -2.43. The van der Waals surface area contributed by atoms with E-state index in [9.17, 15) is 13.2 Å². The minimum atomic E-state index is -3.82. The molecule has 0 fully saturated rings. The predicted molar refractivity (Wildman–Crippen MR) is 100 cm³/mol. The van der Waals surface area contributed by atoms with E-state index in [0.29, 0.717) is 5.75 Å². The highest BCUT2D eigenvalue weighted by Crippen LogP contribution is 2.27. The molecular formula is C19H24N2O4S. The molecule has 2 N–H and O–H groups in total. The van der Waals surface area contributed by atoms with Crippen LogP contribution in [0, 0.1) is 13.8 Å². The minimum Gasteiger partial charge on any atom is -0.483 e. The van der Waals surface area contributed by atoms with E-state index >= 15 is 0 Å². The Bertz CT molecular complexity index is 875. The van der Waals surface area contributed by atoms with Crippen molar-refractivity contribution in [3.8, 4) is 5.75 Å². The second-order valence-electron chi connectivity index (χ2n) is 6.45. The minimum absolute atomic E-state index is 0.0742. The van der Waals surface area contributed by atoms with Crippen LogP contribution in [0.3, 0.4) is 0 Å². The first kappa shape index (κ1) is 19.9. The summed E-state index contributed by atoms with van der Waals surface area (Å²) >= 11 is 0. The maximum absolute atomic E-state index is 12.1. The van der Waals surface area contributed by atoms with Gasteiger partial charge in [0.25, 0.3) is 15.9 Å². The van der Waals surface area contributed by atoms with Crippen LogP contribution in [-0.4, -0.2) is 20.9 Å². The highest BCUT2D eigenvalue weighted by Gasteiger charge is 2.15. The zero-order chi connectivity index (χ0) is 19.3. The molecule has 2 aromatic rings. The van der Waals surface area contributed by atoms with Gasteiger partial charge in [0.05, 0.1) is 4.90 Å². The van der Waals surface area contributed by atoms with E-state index in [-0.39, 0.29) is 17.4 Å². The van der Waals surface area contributed by atoms with Crippen LogP contribution in [-0.2, 0) is 14.8 Å². The molecule has 0 bridgehead atoms. The highest BCUT2D eigenvalue weighted by molar-refractivity contribution is 7.89. The number of amides is 1. The maximum Gasteiger partial charge on any atom is 0.272 e. The van der Waals surface area contributed by atoms with Crippen LogP contribution in [0.5, 0.6) is 5.75 Å². The maximum atomic E-state index is 12.1. The molecule has 0 aromatic heterocycles. The van der Waals surface area contributed by atoms with Crippen LogP contribution < -0.4 is 15.0 Å². The van der Waals surface area contributed by atoms with Crippen LogP contribution in [0.25, 0.3) is 0 Å². The van der Waals surface area contributed by atoms with Crippen molar-refractivity contribution in [2.75, 3.05) is 6.61 Å². The van der Waals surface area contributed by atoms with E-state index in [1.54, 1.807) is 12.1 Å². The molecule has 1 amide bonds. The van der Waals surface area contributed by atoms with Crippen molar-refractivity contribution < 1.29 is 17.9 Å². The van der Waals surface area contributed by atoms with Crippen molar-refractivity contribution in [2.24, 2.45) is 0 Å². The first-order valence-corrected chi connectivity index (χ1v) is 9.78. The van der Waals surface area contributed by atoms with Crippen LogP contribution >= 0.6 is 0 Å². The number of hydrazine groups is 1. The van der Waals surface area contributed by atoms with Crippen LogP contribution in [0.15, 0.2) is 47.4 Å². The van der Waals surface area contributed by atoms with E-state index in [4.69, 9.17) is 4.74 Å². The first-order valence-electron chi connectivity index (χ1n) is 8.29. The van der Waals surface area contributed by atoms with Gasteiger partial charge in [0.2, 0.25) is 0 Å². The number of carbonyl (C=O) groups excluding carboxylic acids is 1. The number of hydrogen-bond donors (Lipinski definition) is 2. The zero-order valence-electron chi connectivity index (χ0n) is 15.4. The van der Waals surface area contributed by atoms with Gasteiger partial charge in [0.15, 0.2) is 6.61 Å². The number of ether oxygens (including phenoxy) is 1. The molecule has 6 nitrogen and oxygen atoms in total. The van der Waals surface area contributed by atoms with Crippen molar-refractivity contribution >= 4 is 15.9 Å². The largest absolute Gasteiger partial charge is 0.483 e. The Balaban J connectivity index is 1.95. The second kappa shape index (κ2) is 8.33. The van der Waals surface area contributed by atoms with E-state index in [1.165, 1.54) is 12.1 Å². The van der Waals surface area contributed by atoms with Crippen molar-refractivity contribution in [3.63, 3.8) is 0 Å². The van der Waals surface area contributed by atoms with Crippen molar-refractivity contribution in [1.82, 2.24) is 10.3 Å². The number of hydrogen-bond acceptors (Lipinski definition) is 4. The van der Waals surface area contributed by atoms with Crippen LogP contribution in [0.2, 0.25) is 0 Å². The fourth-order valence-electron chi connectivity index (χ4n) is 2.32. The second-order valence-corrected chi connectivity index (χ2v) is 8.13. The summed E-state index contributed by atoms with van der Waals surface area (Å²) in [7, 11) is -3.82. The lowest BCUT2D eigenvalue weighted by atomic mass is 10.0. The molecule has 0 saturated carbocycles. The summed E-state index contributed by atoms with van der Waals surface area (Å²) in [6.45, 7) is 7.58. The topological polar surface area (TPSA) is 84.5 Å². The predicted octanol–water partition coefficient (Wildman–Crippen LogP) is 2.82. The average molecular weight is 376 g/mol. The van der Waals surface area contributed by atoms with E-state index in [2.05, 4.69) is 10.3 Å². The summed E-state index contributed by atoms with van der Waals surface area (Å²) in [6.07, 6.45) is 0. The van der Waals surface area contributed by atoms with Crippen LogP contribution in [0.4, 0.5) is 0 Å². The summed E-state index contributed by atoms with van der Waals surface area (Å²) in [6, 6.07) is 12.1. The molecule has 0 spiro atoms. The van der Waals surface area contributed by atoms with Gasteiger partial charge in [-0.2, -0.15) is 0 Å². The third kappa shape index (κ3) is 5.31. The molecule has 2 aromatic carbocycles.